The highest BCUT2D eigenvalue weighted by atomic mass is 79.9. The Kier molecular flexibility index (Phi) is 4.84. The molecule has 0 amide bonds. The van der Waals surface area contributed by atoms with Crippen molar-refractivity contribution in [3.63, 3.8) is 0 Å². The highest BCUT2D eigenvalue weighted by Crippen LogP contribution is 2.23. The smallest absolute Gasteiger partial charge is 0.262 e. The van der Waals surface area contributed by atoms with Gasteiger partial charge in [0.15, 0.2) is 0 Å². The van der Waals surface area contributed by atoms with E-state index < -0.39 is 10.0 Å². The molecule has 0 radical (unpaired) electrons. The van der Waals surface area contributed by atoms with Gasteiger partial charge in [0, 0.05) is 29.0 Å². The summed E-state index contributed by atoms with van der Waals surface area (Å²) in [7, 11) is -3.63. The van der Waals surface area contributed by atoms with Gasteiger partial charge >= 0.3 is 0 Å². The number of halogens is 1. The van der Waals surface area contributed by atoms with Gasteiger partial charge in [-0.3, -0.25) is 4.72 Å². The molecule has 1 aromatic carbocycles. The molecule has 5 nitrogen and oxygen atoms in total. The van der Waals surface area contributed by atoms with E-state index in [0.29, 0.717) is 18.1 Å². The summed E-state index contributed by atoms with van der Waals surface area (Å²) in [5.41, 5.74) is 1.48. The second kappa shape index (κ2) is 6.44. The molecule has 112 valence electrons. The fourth-order valence-corrected chi connectivity index (χ4v) is 3.09. The second-order valence-corrected chi connectivity index (χ2v) is 7.01. The van der Waals surface area contributed by atoms with Crippen molar-refractivity contribution in [1.29, 1.82) is 0 Å². The van der Waals surface area contributed by atoms with Gasteiger partial charge in [-0.1, -0.05) is 15.9 Å². The van der Waals surface area contributed by atoms with Gasteiger partial charge in [-0.25, -0.2) is 13.4 Å². The van der Waals surface area contributed by atoms with Gasteiger partial charge < -0.3 is 5.32 Å². The first-order valence-corrected chi connectivity index (χ1v) is 8.69. The third-order valence-corrected chi connectivity index (χ3v) is 5.08. The summed E-state index contributed by atoms with van der Waals surface area (Å²) in [5, 5.41) is 2.99. The lowest BCUT2D eigenvalue weighted by atomic mass is 10.2. The van der Waals surface area contributed by atoms with Crippen LogP contribution in [0.2, 0.25) is 0 Å². The molecule has 0 saturated carbocycles. The zero-order valence-electron chi connectivity index (χ0n) is 11.7. The van der Waals surface area contributed by atoms with Crippen LogP contribution in [0.25, 0.3) is 0 Å². The fourth-order valence-electron chi connectivity index (χ4n) is 1.78. The molecule has 2 aromatic rings. The lowest BCUT2D eigenvalue weighted by molar-refractivity contribution is 0.601. The van der Waals surface area contributed by atoms with Crippen molar-refractivity contribution in [2.75, 3.05) is 16.6 Å². The average molecular weight is 370 g/mol. The van der Waals surface area contributed by atoms with E-state index in [1.54, 1.807) is 12.1 Å². The molecule has 0 fully saturated rings. The molecule has 1 heterocycles. The number of nitrogens with zero attached hydrogens (tertiary/aromatic N) is 1. The van der Waals surface area contributed by atoms with Gasteiger partial charge in [-0.2, -0.15) is 0 Å². The molecule has 0 unspecified atom stereocenters. The minimum Gasteiger partial charge on any atom is -0.370 e. The van der Waals surface area contributed by atoms with Crippen LogP contribution in [-0.4, -0.2) is 19.9 Å². The Bertz CT molecular complexity index is 748. The van der Waals surface area contributed by atoms with Crippen molar-refractivity contribution < 1.29 is 8.42 Å². The molecule has 0 aliphatic rings. The number of aromatic nitrogens is 1. The largest absolute Gasteiger partial charge is 0.370 e. The normalized spacial score (nSPS) is 11.2. The van der Waals surface area contributed by atoms with Crippen LogP contribution in [-0.2, 0) is 10.0 Å². The van der Waals surface area contributed by atoms with Crippen LogP contribution in [0.3, 0.4) is 0 Å². The number of rotatable bonds is 5. The molecule has 0 aliphatic carbocycles. The number of nitrogens with one attached hydrogen (secondary N) is 2. The number of hydrogen-bond acceptors (Lipinski definition) is 4. The molecule has 0 aliphatic heterocycles. The van der Waals surface area contributed by atoms with E-state index in [-0.39, 0.29) is 4.90 Å². The quantitative estimate of drug-likeness (QED) is 0.847. The fraction of sp³-hybridized carbons (Fsp3) is 0.214. The highest BCUT2D eigenvalue weighted by Gasteiger charge is 2.15. The Morgan fingerprint density at radius 1 is 1.24 bits per heavy atom. The van der Waals surface area contributed by atoms with E-state index in [1.807, 2.05) is 19.9 Å². The summed E-state index contributed by atoms with van der Waals surface area (Å²) >= 11 is 3.39. The number of benzene rings is 1. The molecule has 0 bridgehead atoms. The number of anilines is 2. The van der Waals surface area contributed by atoms with Gasteiger partial charge in [0.2, 0.25) is 0 Å². The number of hydrogen-bond donors (Lipinski definition) is 2. The minimum absolute atomic E-state index is 0.175. The van der Waals surface area contributed by atoms with E-state index in [9.17, 15) is 8.42 Å². The van der Waals surface area contributed by atoms with E-state index in [4.69, 9.17) is 0 Å². The Balaban J connectivity index is 2.29. The van der Waals surface area contributed by atoms with Crippen molar-refractivity contribution >= 4 is 37.5 Å². The van der Waals surface area contributed by atoms with Crippen LogP contribution < -0.4 is 10.0 Å². The van der Waals surface area contributed by atoms with E-state index >= 15 is 0 Å². The van der Waals surface area contributed by atoms with Crippen molar-refractivity contribution in [2.24, 2.45) is 0 Å². The maximum Gasteiger partial charge on any atom is 0.262 e. The Labute approximate surface area is 133 Å². The van der Waals surface area contributed by atoms with Crippen molar-refractivity contribution in [3.8, 4) is 0 Å². The Morgan fingerprint density at radius 2 is 2.00 bits per heavy atom. The topological polar surface area (TPSA) is 71.1 Å². The van der Waals surface area contributed by atoms with Gasteiger partial charge in [0.25, 0.3) is 10.0 Å². The van der Waals surface area contributed by atoms with Crippen molar-refractivity contribution in [1.82, 2.24) is 4.98 Å². The maximum absolute atomic E-state index is 12.4. The molecule has 2 rings (SSSR count). The van der Waals surface area contributed by atoms with Gasteiger partial charge in [-0.15, -0.1) is 0 Å². The van der Waals surface area contributed by atoms with Gasteiger partial charge in [0.1, 0.15) is 5.82 Å². The summed E-state index contributed by atoms with van der Waals surface area (Å²) in [6, 6.07) is 8.27. The zero-order valence-corrected chi connectivity index (χ0v) is 14.1. The molecule has 21 heavy (non-hydrogen) atoms. The van der Waals surface area contributed by atoms with Crippen LogP contribution >= 0.6 is 15.9 Å². The zero-order chi connectivity index (χ0) is 15.5. The third-order valence-electron chi connectivity index (χ3n) is 2.81. The van der Waals surface area contributed by atoms with Crippen LogP contribution in [0.15, 0.2) is 45.9 Å². The molecule has 0 saturated heterocycles. The van der Waals surface area contributed by atoms with Crippen LogP contribution in [0.1, 0.15) is 12.5 Å². The van der Waals surface area contributed by atoms with Gasteiger partial charge in [0.05, 0.1) is 4.90 Å². The van der Waals surface area contributed by atoms with Crippen LogP contribution in [0, 0.1) is 6.92 Å². The standard InChI is InChI=1S/C14H16BrN3O2S/c1-3-16-14-9-12(6-7-17-14)21(19,20)18-11-4-5-13(15)10(2)8-11/h4-9,18H,3H2,1-2H3,(H,16,17). The van der Waals surface area contributed by atoms with Gasteiger partial charge in [-0.05, 0) is 43.7 Å². The first-order valence-electron chi connectivity index (χ1n) is 6.41. The van der Waals surface area contributed by atoms with Crippen LogP contribution in [0.5, 0.6) is 0 Å². The molecule has 1 aromatic heterocycles. The number of pyridine rings is 1. The minimum atomic E-state index is -3.63. The number of aryl methyl sites for hydroxylation is 1. The third kappa shape index (κ3) is 3.95. The molecular formula is C14H16BrN3O2S. The predicted octanol–water partition coefficient (Wildman–Crippen LogP) is 3.39. The summed E-state index contributed by atoms with van der Waals surface area (Å²) in [5.74, 6) is 0.535. The van der Waals surface area contributed by atoms with Crippen molar-refractivity contribution in [2.45, 2.75) is 18.7 Å². The lowest BCUT2D eigenvalue weighted by Gasteiger charge is -2.10. The summed E-state index contributed by atoms with van der Waals surface area (Å²) in [6.07, 6.45) is 1.47. The number of sulfonamides is 1. The van der Waals surface area contributed by atoms with E-state index in [0.717, 1.165) is 10.0 Å². The van der Waals surface area contributed by atoms with Crippen LogP contribution in [0.4, 0.5) is 11.5 Å². The molecule has 7 heteroatoms. The lowest BCUT2D eigenvalue weighted by Crippen LogP contribution is -2.13. The summed E-state index contributed by atoms with van der Waals surface area (Å²) < 4.78 is 28.3. The first kappa shape index (κ1) is 15.8. The van der Waals surface area contributed by atoms with E-state index in [1.165, 1.54) is 18.3 Å². The predicted molar refractivity (Wildman–Crippen MR) is 88.1 cm³/mol. The molecule has 0 atom stereocenters. The second-order valence-electron chi connectivity index (χ2n) is 4.48. The highest BCUT2D eigenvalue weighted by molar-refractivity contribution is 9.10. The molecule has 2 N–H and O–H groups in total. The summed E-state index contributed by atoms with van der Waals surface area (Å²) in [4.78, 5) is 4.24. The molecular weight excluding hydrogens is 354 g/mol. The van der Waals surface area contributed by atoms with E-state index in [2.05, 4.69) is 31.0 Å². The summed E-state index contributed by atoms with van der Waals surface area (Å²) in [6.45, 7) is 4.50. The Hall–Kier alpha value is -1.60. The monoisotopic (exact) mass is 369 g/mol. The average Bonchev–Trinajstić information content (AvgIpc) is 2.43. The first-order chi connectivity index (χ1) is 9.92. The SMILES string of the molecule is CCNc1cc(S(=O)(=O)Nc2ccc(Br)c(C)c2)ccn1. The van der Waals surface area contributed by atoms with Crippen molar-refractivity contribution in [3.05, 3.63) is 46.6 Å². The maximum atomic E-state index is 12.4. The Morgan fingerprint density at radius 3 is 2.67 bits per heavy atom. The molecule has 0 spiro atoms.